The molecule has 0 saturated carbocycles. The molecule has 0 aliphatic rings. The van der Waals surface area contributed by atoms with Gasteiger partial charge in [0.15, 0.2) is 5.78 Å². The molecule has 0 aliphatic heterocycles. The summed E-state index contributed by atoms with van der Waals surface area (Å²) in [6.07, 6.45) is 3.20. The van der Waals surface area contributed by atoms with E-state index in [1.165, 1.54) is 6.08 Å². The fourth-order valence-electron chi connectivity index (χ4n) is 2.81. The summed E-state index contributed by atoms with van der Waals surface area (Å²) >= 11 is 0. The minimum absolute atomic E-state index is 0.203. The first-order valence-electron chi connectivity index (χ1n) is 7.88. The number of aromatic amines is 1. The summed E-state index contributed by atoms with van der Waals surface area (Å²) in [6.45, 7) is 5.80. The van der Waals surface area contributed by atoms with Crippen LogP contribution in [-0.2, 0) is 0 Å². The maximum absolute atomic E-state index is 12.5. The van der Waals surface area contributed by atoms with Crippen LogP contribution in [0.3, 0.4) is 0 Å². The van der Waals surface area contributed by atoms with Crippen LogP contribution in [0.2, 0.25) is 0 Å². The van der Waals surface area contributed by atoms with E-state index >= 15 is 0 Å². The Kier molecular flexibility index (Phi) is 4.17. The van der Waals surface area contributed by atoms with Crippen LogP contribution >= 0.6 is 0 Å². The second-order valence-corrected chi connectivity index (χ2v) is 6.11. The molecule has 1 heterocycles. The highest BCUT2D eigenvalue weighted by atomic mass is 16.1. The lowest BCUT2D eigenvalue weighted by Crippen LogP contribution is -2.18. The molecule has 1 N–H and O–H groups in total. The number of fused-ring (bicyclic) bond motifs is 1. The quantitative estimate of drug-likeness (QED) is 0.577. The van der Waals surface area contributed by atoms with Crippen LogP contribution in [0.4, 0.5) is 0 Å². The van der Waals surface area contributed by atoms with E-state index in [0.29, 0.717) is 5.56 Å². The summed E-state index contributed by atoms with van der Waals surface area (Å²) in [7, 11) is 0. The van der Waals surface area contributed by atoms with Crippen LogP contribution in [0, 0.1) is 20.8 Å². The second-order valence-electron chi connectivity index (χ2n) is 6.11. The number of allylic oxidation sites excluding steroid dienone is 1. The third kappa shape index (κ3) is 3.06. The van der Waals surface area contributed by atoms with Crippen LogP contribution in [0.15, 0.2) is 53.3 Å². The third-order valence-electron chi connectivity index (χ3n) is 4.18. The van der Waals surface area contributed by atoms with E-state index in [2.05, 4.69) is 4.98 Å². The van der Waals surface area contributed by atoms with Crippen LogP contribution < -0.4 is 5.56 Å². The molecule has 0 spiro atoms. The fraction of sp³-hybridized carbons (Fsp3) is 0.143. The molecule has 3 nitrogen and oxygen atoms in total. The first kappa shape index (κ1) is 15.9. The minimum atomic E-state index is -0.343. The number of aryl methyl sites for hydroxylation is 3. The van der Waals surface area contributed by atoms with Crippen LogP contribution in [0.1, 0.15) is 32.6 Å². The van der Waals surface area contributed by atoms with Gasteiger partial charge in [0.2, 0.25) is 0 Å². The van der Waals surface area contributed by atoms with E-state index in [0.717, 1.165) is 27.6 Å². The molecule has 0 unspecified atom stereocenters. The van der Waals surface area contributed by atoms with Gasteiger partial charge in [-0.05, 0) is 49.6 Å². The lowest BCUT2D eigenvalue weighted by molar-refractivity contribution is 0.104. The predicted octanol–water partition coefficient (Wildman–Crippen LogP) is 4.35. The number of aromatic nitrogens is 1. The average Bonchev–Trinajstić information content (AvgIpc) is 2.54. The van der Waals surface area contributed by atoms with Crippen molar-refractivity contribution >= 4 is 22.8 Å². The topological polar surface area (TPSA) is 49.9 Å². The van der Waals surface area contributed by atoms with Crippen molar-refractivity contribution in [2.75, 3.05) is 0 Å². The van der Waals surface area contributed by atoms with E-state index in [4.69, 9.17) is 0 Å². The number of pyridine rings is 1. The lowest BCUT2D eigenvalue weighted by Gasteiger charge is -2.07. The zero-order chi connectivity index (χ0) is 17.3. The molecular formula is C21H19NO2. The van der Waals surface area contributed by atoms with Crippen LogP contribution in [0.5, 0.6) is 0 Å². The van der Waals surface area contributed by atoms with Gasteiger partial charge in [0.05, 0.1) is 5.56 Å². The molecule has 3 rings (SSSR count). The Morgan fingerprint density at radius 3 is 2.33 bits per heavy atom. The summed E-state index contributed by atoms with van der Waals surface area (Å²) in [5.74, 6) is -0.281. The largest absolute Gasteiger partial charge is 0.321 e. The van der Waals surface area contributed by atoms with Gasteiger partial charge in [0.25, 0.3) is 5.56 Å². The third-order valence-corrected chi connectivity index (χ3v) is 4.18. The fourth-order valence-corrected chi connectivity index (χ4v) is 2.81. The highest BCUT2D eigenvalue weighted by Gasteiger charge is 2.14. The number of benzene rings is 2. The number of hydrogen-bond acceptors (Lipinski definition) is 2. The van der Waals surface area contributed by atoms with E-state index in [9.17, 15) is 9.59 Å². The van der Waals surface area contributed by atoms with Gasteiger partial charge in [-0.2, -0.15) is 0 Å². The molecule has 2 aromatic carbocycles. The standard InChI is InChI=1S/C21H19NO2/c1-13-4-7-16(8-5-13)9-11-19(23)20-15(3)17-10-6-14(2)12-18(17)22-21(20)24/h4-12H,1-3H3,(H,22,24)/b11-9+. The van der Waals surface area contributed by atoms with E-state index in [1.54, 1.807) is 6.08 Å². The number of rotatable bonds is 3. The van der Waals surface area contributed by atoms with Gasteiger partial charge in [0, 0.05) is 10.9 Å². The normalized spacial score (nSPS) is 11.3. The molecular weight excluding hydrogens is 298 g/mol. The van der Waals surface area contributed by atoms with Crippen molar-refractivity contribution in [1.29, 1.82) is 0 Å². The smallest absolute Gasteiger partial charge is 0.259 e. The Labute approximate surface area is 140 Å². The van der Waals surface area contributed by atoms with Crippen molar-refractivity contribution in [3.8, 4) is 0 Å². The number of hydrogen-bond donors (Lipinski definition) is 1. The van der Waals surface area contributed by atoms with Gasteiger partial charge < -0.3 is 4.98 Å². The molecule has 0 bridgehead atoms. The minimum Gasteiger partial charge on any atom is -0.321 e. The summed E-state index contributed by atoms with van der Waals surface area (Å²) in [5, 5.41) is 0.896. The maximum atomic E-state index is 12.5. The van der Waals surface area contributed by atoms with Crippen molar-refractivity contribution in [2.24, 2.45) is 0 Å². The molecule has 3 aromatic rings. The Balaban J connectivity index is 2.02. The molecule has 120 valence electrons. The van der Waals surface area contributed by atoms with Crippen molar-refractivity contribution in [3.05, 3.63) is 86.7 Å². The Morgan fingerprint density at radius 1 is 0.958 bits per heavy atom. The van der Waals surface area contributed by atoms with Gasteiger partial charge in [-0.25, -0.2) is 0 Å². The molecule has 3 heteroatoms. The number of H-pyrrole nitrogens is 1. The van der Waals surface area contributed by atoms with E-state index in [-0.39, 0.29) is 16.9 Å². The molecule has 1 aromatic heterocycles. The lowest BCUT2D eigenvalue weighted by atomic mass is 10.00. The summed E-state index contributed by atoms with van der Waals surface area (Å²) < 4.78 is 0. The van der Waals surface area contributed by atoms with Crippen molar-refractivity contribution in [3.63, 3.8) is 0 Å². The number of carbonyl (C=O) groups is 1. The van der Waals surface area contributed by atoms with E-state index in [1.807, 2.05) is 63.2 Å². The number of nitrogens with one attached hydrogen (secondary N) is 1. The van der Waals surface area contributed by atoms with Gasteiger partial charge >= 0.3 is 0 Å². The zero-order valence-corrected chi connectivity index (χ0v) is 14.0. The Morgan fingerprint density at radius 2 is 1.62 bits per heavy atom. The SMILES string of the molecule is Cc1ccc(/C=C/C(=O)c2c(C)c3ccc(C)cc3[nH]c2=O)cc1. The summed E-state index contributed by atoms with van der Waals surface area (Å²) in [6, 6.07) is 13.7. The Hall–Kier alpha value is -2.94. The highest BCUT2D eigenvalue weighted by Crippen LogP contribution is 2.19. The van der Waals surface area contributed by atoms with Crippen molar-refractivity contribution < 1.29 is 4.79 Å². The summed E-state index contributed by atoms with van der Waals surface area (Å²) in [4.78, 5) is 27.7. The van der Waals surface area contributed by atoms with Crippen molar-refractivity contribution in [1.82, 2.24) is 4.98 Å². The molecule has 0 amide bonds. The number of ketones is 1. The zero-order valence-electron chi connectivity index (χ0n) is 14.0. The monoisotopic (exact) mass is 317 g/mol. The van der Waals surface area contributed by atoms with Crippen molar-refractivity contribution in [2.45, 2.75) is 20.8 Å². The van der Waals surface area contributed by atoms with Gasteiger partial charge in [0.1, 0.15) is 0 Å². The Bertz CT molecular complexity index is 1010. The van der Waals surface area contributed by atoms with Crippen LogP contribution in [0.25, 0.3) is 17.0 Å². The molecule has 0 aliphatic carbocycles. The second kappa shape index (κ2) is 6.28. The highest BCUT2D eigenvalue weighted by molar-refractivity contribution is 6.09. The maximum Gasteiger partial charge on any atom is 0.259 e. The van der Waals surface area contributed by atoms with Gasteiger partial charge in [-0.15, -0.1) is 0 Å². The first-order valence-corrected chi connectivity index (χ1v) is 7.88. The van der Waals surface area contributed by atoms with Gasteiger partial charge in [-0.3, -0.25) is 9.59 Å². The molecule has 0 fully saturated rings. The molecule has 24 heavy (non-hydrogen) atoms. The molecule has 0 atom stereocenters. The molecule has 0 radical (unpaired) electrons. The molecule has 0 saturated heterocycles. The predicted molar refractivity (Wildman–Crippen MR) is 98.6 cm³/mol. The van der Waals surface area contributed by atoms with E-state index < -0.39 is 0 Å². The number of carbonyl (C=O) groups excluding carboxylic acids is 1. The first-order chi connectivity index (χ1) is 11.5. The average molecular weight is 317 g/mol. The summed E-state index contributed by atoms with van der Waals surface area (Å²) in [5.41, 5.74) is 4.49. The van der Waals surface area contributed by atoms with Gasteiger partial charge in [-0.1, -0.05) is 48.0 Å². The van der Waals surface area contributed by atoms with Crippen LogP contribution in [-0.4, -0.2) is 10.8 Å².